The predicted molar refractivity (Wildman–Crippen MR) is 82.6 cm³/mol. The Kier molecular flexibility index (Phi) is 4.24. The SMILES string of the molecule is CN1CCN(C2(CN)CCCC2S(C)(=O)=O)CC1(C)C. The number of nitrogens with zero attached hydrogens (tertiary/aromatic N) is 2. The van der Waals surface area contributed by atoms with Crippen molar-refractivity contribution in [3.63, 3.8) is 0 Å². The predicted octanol–water partition coefficient (Wildman–Crippen LogP) is 0.307. The third-order valence-electron chi connectivity index (χ3n) is 5.49. The molecule has 118 valence electrons. The highest BCUT2D eigenvalue weighted by molar-refractivity contribution is 7.91. The van der Waals surface area contributed by atoms with Crippen LogP contribution in [0.4, 0.5) is 0 Å². The van der Waals surface area contributed by atoms with E-state index < -0.39 is 9.84 Å². The Morgan fingerprint density at radius 2 is 1.95 bits per heavy atom. The van der Waals surface area contributed by atoms with E-state index >= 15 is 0 Å². The first-order chi connectivity index (χ1) is 9.13. The van der Waals surface area contributed by atoms with Crippen molar-refractivity contribution in [1.82, 2.24) is 9.80 Å². The molecule has 0 radical (unpaired) electrons. The molecular formula is C14H29N3O2S. The number of rotatable bonds is 3. The highest BCUT2D eigenvalue weighted by Crippen LogP contribution is 2.40. The Labute approximate surface area is 123 Å². The number of hydrogen-bond donors (Lipinski definition) is 1. The van der Waals surface area contributed by atoms with E-state index in [9.17, 15) is 8.42 Å². The molecular weight excluding hydrogens is 274 g/mol. The first-order valence-corrected chi connectivity index (χ1v) is 9.44. The zero-order chi connectivity index (χ0) is 15.2. The Morgan fingerprint density at radius 3 is 2.45 bits per heavy atom. The van der Waals surface area contributed by atoms with Gasteiger partial charge in [0.1, 0.15) is 0 Å². The lowest BCUT2D eigenvalue weighted by Gasteiger charge is -2.53. The minimum Gasteiger partial charge on any atom is -0.329 e. The molecule has 0 amide bonds. The summed E-state index contributed by atoms with van der Waals surface area (Å²) in [6.45, 7) is 7.62. The van der Waals surface area contributed by atoms with Gasteiger partial charge in [0.15, 0.2) is 9.84 Å². The largest absolute Gasteiger partial charge is 0.329 e. The van der Waals surface area contributed by atoms with Crippen LogP contribution < -0.4 is 5.73 Å². The number of likely N-dealkylation sites (N-methyl/N-ethyl adjacent to an activating group) is 1. The molecule has 1 saturated heterocycles. The molecule has 2 unspecified atom stereocenters. The van der Waals surface area contributed by atoms with Gasteiger partial charge in [0.25, 0.3) is 0 Å². The van der Waals surface area contributed by atoms with E-state index in [0.29, 0.717) is 6.54 Å². The molecule has 1 aliphatic carbocycles. The molecule has 0 aromatic carbocycles. The number of nitrogens with two attached hydrogens (primary N) is 1. The van der Waals surface area contributed by atoms with Crippen LogP contribution in [0.2, 0.25) is 0 Å². The molecule has 0 spiro atoms. The monoisotopic (exact) mass is 303 g/mol. The molecule has 0 aromatic rings. The number of hydrogen-bond acceptors (Lipinski definition) is 5. The molecule has 2 N–H and O–H groups in total. The van der Waals surface area contributed by atoms with Gasteiger partial charge in [0.2, 0.25) is 0 Å². The summed E-state index contributed by atoms with van der Waals surface area (Å²) >= 11 is 0. The van der Waals surface area contributed by atoms with Crippen molar-refractivity contribution >= 4 is 9.84 Å². The maximum absolute atomic E-state index is 12.2. The summed E-state index contributed by atoms with van der Waals surface area (Å²) in [6, 6.07) is 0. The van der Waals surface area contributed by atoms with Gasteiger partial charge < -0.3 is 5.73 Å². The molecule has 1 saturated carbocycles. The summed E-state index contributed by atoms with van der Waals surface area (Å²) < 4.78 is 24.4. The van der Waals surface area contributed by atoms with Gasteiger partial charge in [-0.2, -0.15) is 0 Å². The van der Waals surface area contributed by atoms with E-state index in [1.807, 2.05) is 0 Å². The third kappa shape index (κ3) is 2.63. The second-order valence-electron chi connectivity index (χ2n) is 7.17. The summed E-state index contributed by atoms with van der Waals surface area (Å²) in [6.07, 6.45) is 3.99. The van der Waals surface area contributed by atoms with Crippen LogP contribution in [0.3, 0.4) is 0 Å². The molecule has 1 aliphatic heterocycles. The minimum atomic E-state index is -3.06. The first-order valence-electron chi connectivity index (χ1n) is 7.49. The van der Waals surface area contributed by atoms with Crippen molar-refractivity contribution in [1.29, 1.82) is 0 Å². The molecule has 5 nitrogen and oxygen atoms in total. The molecule has 2 aliphatic rings. The van der Waals surface area contributed by atoms with Crippen LogP contribution in [-0.2, 0) is 9.84 Å². The molecule has 1 heterocycles. The lowest BCUT2D eigenvalue weighted by Crippen LogP contribution is -2.68. The van der Waals surface area contributed by atoms with Gasteiger partial charge >= 0.3 is 0 Å². The average molecular weight is 303 g/mol. The van der Waals surface area contributed by atoms with Crippen LogP contribution in [0.5, 0.6) is 0 Å². The summed E-state index contributed by atoms with van der Waals surface area (Å²) in [5.74, 6) is 0. The van der Waals surface area contributed by atoms with Gasteiger partial charge in [-0.3, -0.25) is 9.80 Å². The second kappa shape index (κ2) is 5.23. The average Bonchev–Trinajstić information content (AvgIpc) is 2.77. The van der Waals surface area contributed by atoms with E-state index in [2.05, 4.69) is 30.7 Å². The summed E-state index contributed by atoms with van der Waals surface area (Å²) in [5.41, 5.74) is 5.80. The smallest absolute Gasteiger partial charge is 0.152 e. The highest BCUT2D eigenvalue weighted by atomic mass is 32.2. The lowest BCUT2D eigenvalue weighted by atomic mass is 9.89. The fourth-order valence-corrected chi connectivity index (χ4v) is 5.74. The normalized spacial score (nSPS) is 36.4. The number of piperazine rings is 1. The van der Waals surface area contributed by atoms with Crippen LogP contribution in [0.1, 0.15) is 33.1 Å². The fourth-order valence-electron chi connectivity index (χ4n) is 3.98. The quantitative estimate of drug-likeness (QED) is 0.813. The maximum atomic E-state index is 12.2. The molecule has 2 atom stereocenters. The highest BCUT2D eigenvalue weighted by Gasteiger charge is 2.52. The van der Waals surface area contributed by atoms with Gasteiger partial charge in [-0.15, -0.1) is 0 Å². The summed E-state index contributed by atoms with van der Waals surface area (Å²) in [4.78, 5) is 4.71. The molecule has 20 heavy (non-hydrogen) atoms. The van der Waals surface area contributed by atoms with E-state index in [1.165, 1.54) is 6.26 Å². The second-order valence-corrected chi connectivity index (χ2v) is 9.40. The van der Waals surface area contributed by atoms with Gasteiger partial charge in [0.05, 0.1) is 5.25 Å². The van der Waals surface area contributed by atoms with Crippen molar-refractivity contribution in [2.24, 2.45) is 5.73 Å². The Balaban J connectivity index is 2.32. The molecule has 0 aromatic heterocycles. The van der Waals surface area contributed by atoms with Crippen LogP contribution in [0.25, 0.3) is 0 Å². The van der Waals surface area contributed by atoms with Gasteiger partial charge in [-0.1, -0.05) is 6.42 Å². The van der Waals surface area contributed by atoms with Gasteiger partial charge in [-0.25, -0.2) is 8.42 Å². The van der Waals surface area contributed by atoms with Crippen molar-refractivity contribution in [2.45, 2.75) is 49.4 Å². The minimum absolute atomic E-state index is 0.0606. The van der Waals surface area contributed by atoms with E-state index in [4.69, 9.17) is 5.73 Å². The van der Waals surface area contributed by atoms with Crippen LogP contribution >= 0.6 is 0 Å². The van der Waals surface area contributed by atoms with Crippen LogP contribution in [-0.4, -0.2) is 74.0 Å². The lowest BCUT2D eigenvalue weighted by molar-refractivity contribution is -0.0185. The molecule has 2 rings (SSSR count). The summed E-state index contributed by atoms with van der Waals surface area (Å²) in [5, 5.41) is -0.306. The van der Waals surface area contributed by atoms with Crippen molar-refractivity contribution in [2.75, 3.05) is 39.5 Å². The zero-order valence-corrected chi connectivity index (χ0v) is 14.0. The molecule has 2 fully saturated rings. The third-order valence-corrected chi connectivity index (χ3v) is 7.20. The standard InChI is InChI=1S/C14H29N3O2S/c1-13(2)11-17(9-8-16(13)3)14(10-15)7-5-6-12(14)20(4,18)19/h12H,5-11,15H2,1-4H3. The number of sulfone groups is 1. The van der Waals surface area contributed by atoms with Crippen molar-refractivity contribution < 1.29 is 8.42 Å². The first kappa shape index (κ1) is 16.2. The zero-order valence-electron chi connectivity index (χ0n) is 13.2. The Bertz CT molecular complexity index is 463. The Hall–Kier alpha value is -0.170. The summed E-state index contributed by atoms with van der Waals surface area (Å²) in [7, 11) is -0.924. The molecule has 6 heteroatoms. The van der Waals surface area contributed by atoms with Gasteiger partial charge in [-0.05, 0) is 33.7 Å². The van der Waals surface area contributed by atoms with Crippen LogP contribution in [0, 0.1) is 0 Å². The van der Waals surface area contributed by atoms with Crippen LogP contribution in [0.15, 0.2) is 0 Å². The van der Waals surface area contributed by atoms with E-state index in [-0.39, 0.29) is 16.3 Å². The van der Waals surface area contributed by atoms with Crippen molar-refractivity contribution in [3.8, 4) is 0 Å². The maximum Gasteiger partial charge on any atom is 0.152 e. The Morgan fingerprint density at radius 1 is 1.30 bits per heavy atom. The molecule has 0 bridgehead atoms. The topological polar surface area (TPSA) is 66.6 Å². The fraction of sp³-hybridized carbons (Fsp3) is 1.00. The van der Waals surface area contributed by atoms with E-state index in [0.717, 1.165) is 38.9 Å². The van der Waals surface area contributed by atoms with Crippen molar-refractivity contribution in [3.05, 3.63) is 0 Å². The van der Waals surface area contributed by atoms with Gasteiger partial charge in [0, 0.05) is 43.5 Å². The van der Waals surface area contributed by atoms with E-state index in [1.54, 1.807) is 0 Å².